The minimum atomic E-state index is -1.02. The molecule has 144 valence electrons. The first-order chi connectivity index (χ1) is 12.1. The zero-order valence-corrected chi connectivity index (χ0v) is 16.0. The minimum absolute atomic E-state index is 0.0746. The number of aryl methyl sites for hydroxylation is 1. The second kappa shape index (κ2) is 9.33. The van der Waals surface area contributed by atoms with Crippen molar-refractivity contribution < 1.29 is 24.2 Å². The second-order valence-electron chi connectivity index (χ2n) is 7.19. The Labute approximate surface area is 154 Å². The molecule has 0 saturated heterocycles. The van der Waals surface area contributed by atoms with Gasteiger partial charge in [-0.3, -0.25) is 14.4 Å². The van der Waals surface area contributed by atoms with Crippen LogP contribution in [0.1, 0.15) is 49.5 Å². The number of nitrogens with one attached hydrogen (secondary N) is 2. The molecule has 0 aliphatic carbocycles. The SMILES string of the molecule is COCC(C)(CC(=O)O)NC(=O)c1ccc(NC(=O)CC(C)C)c(C)c1. The molecule has 0 bridgehead atoms. The molecule has 0 aliphatic rings. The van der Waals surface area contributed by atoms with Gasteiger partial charge in [0.1, 0.15) is 0 Å². The molecule has 1 unspecified atom stereocenters. The molecule has 1 aromatic rings. The van der Waals surface area contributed by atoms with Gasteiger partial charge in [-0.15, -0.1) is 0 Å². The van der Waals surface area contributed by atoms with Crippen LogP contribution in [0.3, 0.4) is 0 Å². The van der Waals surface area contributed by atoms with Crippen molar-refractivity contribution in [2.45, 2.75) is 46.1 Å². The Morgan fingerprint density at radius 2 is 1.92 bits per heavy atom. The molecule has 1 rings (SSSR count). The molecule has 0 saturated carbocycles. The Hall–Kier alpha value is -2.41. The van der Waals surface area contributed by atoms with Gasteiger partial charge in [0, 0.05) is 24.8 Å². The molecule has 7 nitrogen and oxygen atoms in total. The predicted molar refractivity (Wildman–Crippen MR) is 99.3 cm³/mol. The molecule has 0 spiro atoms. The summed E-state index contributed by atoms with van der Waals surface area (Å²) in [6.45, 7) is 7.43. The van der Waals surface area contributed by atoms with E-state index in [1.807, 2.05) is 13.8 Å². The lowest BCUT2D eigenvalue weighted by Gasteiger charge is -2.28. The van der Waals surface area contributed by atoms with Gasteiger partial charge in [0.25, 0.3) is 5.91 Å². The lowest BCUT2D eigenvalue weighted by atomic mass is 9.98. The molecule has 0 heterocycles. The lowest BCUT2D eigenvalue weighted by molar-refractivity contribution is -0.139. The molecule has 0 fully saturated rings. The number of methoxy groups -OCH3 is 1. The molecule has 1 aromatic carbocycles. The molecule has 26 heavy (non-hydrogen) atoms. The van der Waals surface area contributed by atoms with E-state index in [9.17, 15) is 14.4 Å². The van der Waals surface area contributed by atoms with E-state index in [-0.39, 0.29) is 24.9 Å². The van der Waals surface area contributed by atoms with E-state index in [1.165, 1.54) is 7.11 Å². The molecule has 0 radical (unpaired) electrons. The first kappa shape index (κ1) is 21.6. The maximum atomic E-state index is 12.5. The van der Waals surface area contributed by atoms with Crippen molar-refractivity contribution in [2.75, 3.05) is 19.0 Å². The third-order valence-corrected chi connectivity index (χ3v) is 3.78. The number of hydrogen-bond acceptors (Lipinski definition) is 4. The van der Waals surface area contributed by atoms with E-state index in [4.69, 9.17) is 9.84 Å². The maximum Gasteiger partial charge on any atom is 0.305 e. The molecule has 0 aliphatic heterocycles. The van der Waals surface area contributed by atoms with Crippen LogP contribution in [0.25, 0.3) is 0 Å². The summed E-state index contributed by atoms with van der Waals surface area (Å²) in [6, 6.07) is 4.93. The van der Waals surface area contributed by atoms with E-state index < -0.39 is 17.4 Å². The number of ether oxygens (including phenoxy) is 1. The van der Waals surface area contributed by atoms with Gasteiger partial charge in [-0.25, -0.2) is 0 Å². The fourth-order valence-corrected chi connectivity index (χ4v) is 2.65. The van der Waals surface area contributed by atoms with E-state index in [2.05, 4.69) is 10.6 Å². The van der Waals surface area contributed by atoms with Crippen molar-refractivity contribution in [1.29, 1.82) is 0 Å². The summed E-state index contributed by atoms with van der Waals surface area (Å²) in [6.07, 6.45) is 0.168. The van der Waals surface area contributed by atoms with Crippen molar-refractivity contribution in [3.63, 3.8) is 0 Å². The number of hydrogen-bond donors (Lipinski definition) is 3. The predicted octanol–water partition coefficient (Wildman–Crippen LogP) is 2.59. The molecule has 1 atom stereocenters. The number of amides is 2. The van der Waals surface area contributed by atoms with Gasteiger partial charge in [-0.2, -0.15) is 0 Å². The zero-order valence-electron chi connectivity index (χ0n) is 16.0. The first-order valence-corrected chi connectivity index (χ1v) is 8.50. The van der Waals surface area contributed by atoms with Crippen LogP contribution in [0.4, 0.5) is 5.69 Å². The number of carboxylic acid groups (broad SMARTS) is 1. The largest absolute Gasteiger partial charge is 0.481 e. The molecule has 7 heteroatoms. The fraction of sp³-hybridized carbons (Fsp3) is 0.526. The van der Waals surface area contributed by atoms with Crippen LogP contribution in [-0.2, 0) is 14.3 Å². The summed E-state index contributed by atoms with van der Waals surface area (Å²) in [5.41, 5.74) is 0.770. The van der Waals surface area contributed by atoms with Crippen LogP contribution in [0.5, 0.6) is 0 Å². The van der Waals surface area contributed by atoms with Crippen LogP contribution in [-0.4, -0.2) is 42.1 Å². The quantitative estimate of drug-likeness (QED) is 0.625. The summed E-state index contributed by atoms with van der Waals surface area (Å²) in [4.78, 5) is 35.4. The smallest absolute Gasteiger partial charge is 0.305 e. The van der Waals surface area contributed by atoms with Crippen LogP contribution >= 0.6 is 0 Å². The number of rotatable bonds is 9. The summed E-state index contributed by atoms with van der Waals surface area (Å²) < 4.78 is 5.04. The summed E-state index contributed by atoms with van der Waals surface area (Å²) in [7, 11) is 1.45. The van der Waals surface area contributed by atoms with Crippen molar-refractivity contribution in [2.24, 2.45) is 5.92 Å². The van der Waals surface area contributed by atoms with Gasteiger partial charge in [-0.1, -0.05) is 13.8 Å². The first-order valence-electron chi connectivity index (χ1n) is 8.50. The Kier molecular flexibility index (Phi) is 7.76. The maximum absolute atomic E-state index is 12.5. The van der Waals surface area contributed by atoms with E-state index in [1.54, 1.807) is 32.0 Å². The van der Waals surface area contributed by atoms with E-state index in [0.29, 0.717) is 17.7 Å². The Morgan fingerprint density at radius 3 is 2.42 bits per heavy atom. The number of anilines is 1. The number of carbonyl (C=O) groups is 3. The minimum Gasteiger partial charge on any atom is -0.481 e. The van der Waals surface area contributed by atoms with Gasteiger partial charge in [-0.05, 0) is 43.5 Å². The Bertz CT molecular complexity index is 672. The average molecular weight is 364 g/mol. The topological polar surface area (TPSA) is 105 Å². The van der Waals surface area contributed by atoms with Crippen LogP contribution < -0.4 is 10.6 Å². The number of carboxylic acids is 1. The third kappa shape index (κ3) is 6.84. The van der Waals surface area contributed by atoms with Crippen molar-refractivity contribution in [1.82, 2.24) is 5.32 Å². The summed E-state index contributed by atoms with van der Waals surface area (Å²) in [5.74, 6) is -1.24. The van der Waals surface area contributed by atoms with E-state index >= 15 is 0 Å². The van der Waals surface area contributed by atoms with Gasteiger partial charge in [0.05, 0.1) is 18.6 Å². The molecule has 3 N–H and O–H groups in total. The van der Waals surface area contributed by atoms with Gasteiger partial charge in [0.2, 0.25) is 5.91 Å². The van der Waals surface area contributed by atoms with Gasteiger partial charge in [0.15, 0.2) is 0 Å². The van der Waals surface area contributed by atoms with Crippen LogP contribution in [0.2, 0.25) is 0 Å². The van der Waals surface area contributed by atoms with Crippen LogP contribution in [0, 0.1) is 12.8 Å². The van der Waals surface area contributed by atoms with Gasteiger partial charge >= 0.3 is 5.97 Å². The molecule has 0 aromatic heterocycles. The normalized spacial score (nSPS) is 13.2. The van der Waals surface area contributed by atoms with Crippen molar-refractivity contribution in [3.8, 4) is 0 Å². The third-order valence-electron chi connectivity index (χ3n) is 3.78. The van der Waals surface area contributed by atoms with E-state index in [0.717, 1.165) is 5.56 Å². The summed E-state index contributed by atoms with van der Waals surface area (Å²) >= 11 is 0. The van der Waals surface area contributed by atoms with Crippen molar-refractivity contribution >= 4 is 23.5 Å². The number of aliphatic carboxylic acids is 1. The standard InChI is InChI=1S/C19H28N2O5/c1-12(2)8-16(22)20-15-7-6-14(9-13(15)3)18(25)21-19(4,11-26-5)10-17(23)24/h6-7,9,12H,8,10-11H2,1-5H3,(H,20,22)(H,21,25)(H,23,24). The summed E-state index contributed by atoms with van der Waals surface area (Å²) in [5, 5.41) is 14.6. The Balaban J connectivity index is 2.88. The highest BCUT2D eigenvalue weighted by molar-refractivity contribution is 5.97. The molecular weight excluding hydrogens is 336 g/mol. The molecule has 2 amide bonds. The Morgan fingerprint density at radius 1 is 1.27 bits per heavy atom. The fourth-order valence-electron chi connectivity index (χ4n) is 2.65. The lowest BCUT2D eigenvalue weighted by Crippen LogP contribution is -2.50. The average Bonchev–Trinajstić information content (AvgIpc) is 2.47. The zero-order chi connectivity index (χ0) is 19.9. The number of benzene rings is 1. The van der Waals surface area contributed by atoms with Crippen LogP contribution in [0.15, 0.2) is 18.2 Å². The monoisotopic (exact) mass is 364 g/mol. The van der Waals surface area contributed by atoms with Gasteiger partial charge < -0.3 is 20.5 Å². The highest BCUT2D eigenvalue weighted by atomic mass is 16.5. The molecular formula is C19H28N2O5. The second-order valence-corrected chi connectivity index (χ2v) is 7.19. The highest BCUT2D eigenvalue weighted by Gasteiger charge is 2.30. The highest BCUT2D eigenvalue weighted by Crippen LogP contribution is 2.19. The number of carbonyl (C=O) groups excluding carboxylic acids is 2. The van der Waals surface area contributed by atoms with Crippen molar-refractivity contribution in [3.05, 3.63) is 29.3 Å².